The van der Waals surface area contributed by atoms with Crippen molar-refractivity contribution < 1.29 is 23.9 Å². The van der Waals surface area contributed by atoms with Crippen LogP contribution in [0.5, 0.6) is 0 Å². The van der Waals surface area contributed by atoms with Gasteiger partial charge in [-0.2, -0.15) is 0 Å². The van der Waals surface area contributed by atoms with E-state index in [1.54, 1.807) is 0 Å². The molecule has 148 valence electrons. The van der Waals surface area contributed by atoms with Gasteiger partial charge in [-0.3, -0.25) is 0 Å². The van der Waals surface area contributed by atoms with Crippen molar-refractivity contribution in [1.29, 1.82) is 0 Å². The Kier molecular flexibility index (Phi) is 8.02. The molecule has 0 fully saturated rings. The van der Waals surface area contributed by atoms with E-state index in [4.69, 9.17) is 9.47 Å². The van der Waals surface area contributed by atoms with Crippen LogP contribution in [0.4, 0.5) is 4.79 Å². The van der Waals surface area contributed by atoms with Crippen LogP contribution in [0.2, 0.25) is 0 Å². The predicted molar refractivity (Wildman–Crippen MR) is 104 cm³/mol. The second-order valence-corrected chi connectivity index (χ2v) is 6.15. The summed E-state index contributed by atoms with van der Waals surface area (Å²) in [4.78, 5) is 36.6. The van der Waals surface area contributed by atoms with Crippen LogP contribution in [0.25, 0.3) is 0 Å². The molecule has 0 spiro atoms. The summed E-state index contributed by atoms with van der Waals surface area (Å²) in [5.74, 6) is -1.15. The van der Waals surface area contributed by atoms with Crippen molar-refractivity contribution in [2.75, 3.05) is 14.2 Å². The van der Waals surface area contributed by atoms with Crippen LogP contribution in [-0.4, -0.2) is 44.3 Å². The summed E-state index contributed by atoms with van der Waals surface area (Å²) < 4.78 is 9.56. The molecule has 0 aliphatic carbocycles. The molecule has 2 amide bonds. The van der Waals surface area contributed by atoms with Crippen LogP contribution in [0.3, 0.4) is 0 Å². The van der Waals surface area contributed by atoms with Gasteiger partial charge in [0, 0.05) is 12.8 Å². The summed E-state index contributed by atoms with van der Waals surface area (Å²) in [6.45, 7) is 0. The van der Waals surface area contributed by atoms with Gasteiger partial charge in [0.25, 0.3) is 0 Å². The highest BCUT2D eigenvalue weighted by atomic mass is 16.5. The number of hydrogen-bond acceptors (Lipinski definition) is 5. The van der Waals surface area contributed by atoms with Crippen LogP contribution in [0.1, 0.15) is 11.1 Å². The Morgan fingerprint density at radius 3 is 1.39 bits per heavy atom. The summed E-state index contributed by atoms with van der Waals surface area (Å²) >= 11 is 0. The lowest BCUT2D eigenvalue weighted by Crippen LogP contribution is -2.52. The second kappa shape index (κ2) is 10.7. The van der Waals surface area contributed by atoms with E-state index in [9.17, 15) is 14.4 Å². The first kappa shape index (κ1) is 21.0. The van der Waals surface area contributed by atoms with E-state index in [0.717, 1.165) is 11.1 Å². The maximum Gasteiger partial charge on any atom is 0.328 e. The minimum absolute atomic E-state index is 0.266. The molecule has 0 saturated carbocycles. The molecule has 0 bridgehead atoms. The molecule has 2 N–H and O–H groups in total. The predicted octanol–water partition coefficient (Wildman–Crippen LogP) is 1.85. The van der Waals surface area contributed by atoms with Gasteiger partial charge < -0.3 is 20.1 Å². The van der Waals surface area contributed by atoms with E-state index in [1.165, 1.54) is 14.2 Å². The molecule has 2 rings (SSSR count). The molecule has 2 atom stereocenters. The van der Waals surface area contributed by atoms with Crippen molar-refractivity contribution in [2.24, 2.45) is 0 Å². The fraction of sp³-hybridized carbons (Fsp3) is 0.286. The summed E-state index contributed by atoms with van der Waals surface area (Å²) in [5.41, 5.74) is 1.74. The normalized spacial score (nSPS) is 12.4. The first-order valence-electron chi connectivity index (χ1n) is 8.84. The first-order chi connectivity index (χ1) is 13.5. The molecule has 0 aliphatic heterocycles. The number of nitrogens with one attached hydrogen (secondary N) is 2. The molecule has 28 heavy (non-hydrogen) atoms. The molecule has 0 heterocycles. The largest absolute Gasteiger partial charge is 0.467 e. The van der Waals surface area contributed by atoms with Gasteiger partial charge >= 0.3 is 18.0 Å². The standard InChI is InChI=1S/C21H24N2O5/c1-27-19(24)17(13-15-9-5-3-6-10-15)22-21(26)23-18(20(25)28-2)14-16-11-7-4-8-12-16/h3-12,17-18H,13-14H2,1-2H3,(H2,22,23,26)/t17-,18+. The fourth-order valence-corrected chi connectivity index (χ4v) is 2.73. The number of hydrogen-bond donors (Lipinski definition) is 2. The number of ether oxygens (including phenoxy) is 2. The maximum absolute atomic E-state index is 12.4. The Morgan fingerprint density at radius 2 is 1.07 bits per heavy atom. The lowest BCUT2D eigenvalue weighted by molar-refractivity contribution is -0.143. The molecule has 0 saturated heterocycles. The van der Waals surface area contributed by atoms with Gasteiger partial charge in [0.15, 0.2) is 0 Å². The van der Waals surface area contributed by atoms with Gasteiger partial charge in [-0.15, -0.1) is 0 Å². The third kappa shape index (κ3) is 6.42. The maximum atomic E-state index is 12.4. The molecule has 7 nitrogen and oxygen atoms in total. The lowest BCUT2D eigenvalue weighted by Gasteiger charge is -2.20. The number of esters is 2. The van der Waals surface area contributed by atoms with Crippen molar-refractivity contribution >= 4 is 18.0 Å². The lowest BCUT2D eigenvalue weighted by atomic mass is 10.1. The number of benzene rings is 2. The van der Waals surface area contributed by atoms with E-state index < -0.39 is 30.1 Å². The van der Waals surface area contributed by atoms with E-state index in [2.05, 4.69) is 10.6 Å². The van der Waals surface area contributed by atoms with Gasteiger partial charge in [-0.25, -0.2) is 14.4 Å². The number of urea groups is 1. The Labute approximate surface area is 164 Å². The minimum atomic E-state index is -0.887. The fourth-order valence-electron chi connectivity index (χ4n) is 2.73. The molecule has 0 unspecified atom stereocenters. The van der Waals surface area contributed by atoms with Crippen molar-refractivity contribution in [3.8, 4) is 0 Å². The molecule has 7 heteroatoms. The van der Waals surface area contributed by atoms with Crippen LogP contribution in [-0.2, 0) is 31.9 Å². The van der Waals surface area contributed by atoms with Crippen molar-refractivity contribution in [1.82, 2.24) is 10.6 Å². The van der Waals surface area contributed by atoms with Gasteiger partial charge in [0.05, 0.1) is 14.2 Å². The topological polar surface area (TPSA) is 93.7 Å². The third-order valence-corrected chi connectivity index (χ3v) is 4.15. The summed E-state index contributed by atoms with van der Waals surface area (Å²) in [7, 11) is 2.51. The number of carbonyl (C=O) groups is 3. The third-order valence-electron chi connectivity index (χ3n) is 4.15. The zero-order valence-electron chi connectivity index (χ0n) is 15.9. The van der Waals surface area contributed by atoms with E-state index in [0.29, 0.717) is 0 Å². The first-order valence-corrected chi connectivity index (χ1v) is 8.84. The molecular formula is C21H24N2O5. The summed E-state index contributed by atoms with van der Waals surface area (Å²) in [6.07, 6.45) is 0.533. The van der Waals surface area contributed by atoms with Gasteiger partial charge in [-0.05, 0) is 11.1 Å². The molecule has 0 aliphatic rings. The Hall–Kier alpha value is -3.35. The van der Waals surface area contributed by atoms with E-state index in [1.807, 2.05) is 60.7 Å². The van der Waals surface area contributed by atoms with Crippen LogP contribution in [0.15, 0.2) is 60.7 Å². The van der Waals surface area contributed by atoms with E-state index >= 15 is 0 Å². The zero-order valence-corrected chi connectivity index (χ0v) is 15.9. The Morgan fingerprint density at radius 1 is 0.714 bits per heavy atom. The average Bonchev–Trinajstić information content (AvgIpc) is 2.73. The molecule has 2 aromatic carbocycles. The summed E-state index contributed by atoms with van der Waals surface area (Å²) in [6, 6.07) is 16.1. The number of methoxy groups -OCH3 is 2. The Bertz CT molecular complexity index is 714. The second-order valence-electron chi connectivity index (χ2n) is 6.15. The van der Waals surface area contributed by atoms with Gasteiger partial charge in [0.2, 0.25) is 0 Å². The SMILES string of the molecule is COC(=O)[C@H](Cc1ccccc1)NC(=O)N[C@H](Cc1ccccc1)C(=O)OC. The van der Waals surface area contributed by atoms with Crippen LogP contribution >= 0.6 is 0 Å². The number of carbonyl (C=O) groups excluding carboxylic acids is 3. The average molecular weight is 384 g/mol. The molecule has 0 radical (unpaired) electrons. The van der Waals surface area contributed by atoms with Crippen LogP contribution < -0.4 is 10.6 Å². The van der Waals surface area contributed by atoms with Crippen LogP contribution in [0, 0.1) is 0 Å². The monoisotopic (exact) mass is 384 g/mol. The molecule has 2 aromatic rings. The van der Waals surface area contributed by atoms with Gasteiger partial charge in [-0.1, -0.05) is 60.7 Å². The smallest absolute Gasteiger partial charge is 0.328 e. The summed E-state index contributed by atoms with van der Waals surface area (Å²) in [5, 5.41) is 5.16. The highest BCUT2D eigenvalue weighted by Gasteiger charge is 2.26. The van der Waals surface area contributed by atoms with Crippen molar-refractivity contribution in [3.63, 3.8) is 0 Å². The molecular weight excluding hydrogens is 360 g/mol. The minimum Gasteiger partial charge on any atom is -0.467 e. The molecule has 0 aromatic heterocycles. The van der Waals surface area contributed by atoms with Crippen molar-refractivity contribution in [3.05, 3.63) is 71.8 Å². The highest BCUT2D eigenvalue weighted by molar-refractivity contribution is 5.87. The number of rotatable bonds is 8. The number of amides is 2. The quantitative estimate of drug-likeness (QED) is 0.678. The Balaban J connectivity index is 2.05. The van der Waals surface area contributed by atoms with Crippen molar-refractivity contribution in [2.45, 2.75) is 24.9 Å². The van der Waals surface area contributed by atoms with Gasteiger partial charge in [0.1, 0.15) is 12.1 Å². The van der Waals surface area contributed by atoms with E-state index in [-0.39, 0.29) is 12.8 Å². The zero-order chi connectivity index (χ0) is 20.4. The highest BCUT2D eigenvalue weighted by Crippen LogP contribution is 2.06.